The summed E-state index contributed by atoms with van der Waals surface area (Å²) in [5, 5.41) is 15.3. The molecule has 1 aromatic carbocycles. The van der Waals surface area contributed by atoms with Gasteiger partial charge >= 0.3 is 39.9 Å². The van der Waals surface area contributed by atoms with Gasteiger partial charge in [0.2, 0.25) is 0 Å². The second-order valence-corrected chi connectivity index (χ2v) is 6.34. The molecule has 1 fully saturated rings. The van der Waals surface area contributed by atoms with Gasteiger partial charge in [-0.1, -0.05) is 35.5 Å². The summed E-state index contributed by atoms with van der Waals surface area (Å²) in [6, 6.07) is 7.22. The number of carbonyl (C=O) groups is 1. The second-order valence-electron chi connectivity index (χ2n) is 5.05. The summed E-state index contributed by atoms with van der Waals surface area (Å²) in [6.45, 7) is 1.35. The molecule has 2 atom stereocenters. The van der Waals surface area contributed by atoms with Crippen LogP contribution in [0.2, 0.25) is 0 Å². The molecule has 0 aliphatic carbocycles. The van der Waals surface area contributed by atoms with Crippen LogP contribution in [0, 0.1) is 0 Å². The van der Waals surface area contributed by atoms with Gasteiger partial charge in [-0.3, -0.25) is 14.3 Å². The van der Waals surface area contributed by atoms with Crippen LogP contribution in [0.15, 0.2) is 40.5 Å². The van der Waals surface area contributed by atoms with E-state index in [0.29, 0.717) is 0 Å². The van der Waals surface area contributed by atoms with E-state index < -0.39 is 34.2 Å². The third kappa shape index (κ3) is 5.79. The van der Waals surface area contributed by atoms with Gasteiger partial charge in [0.15, 0.2) is 0 Å². The molecule has 9 nitrogen and oxygen atoms in total. The van der Waals surface area contributed by atoms with Gasteiger partial charge in [-0.2, -0.15) is 8.42 Å². The van der Waals surface area contributed by atoms with E-state index in [1.165, 1.54) is 13.1 Å². The average Bonchev–Trinajstić information content (AvgIpc) is 2.52. The van der Waals surface area contributed by atoms with Crippen LogP contribution in [0.4, 0.5) is 0 Å². The van der Waals surface area contributed by atoms with Gasteiger partial charge in [-0.15, -0.1) is 0 Å². The molecule has 1 aliphatic heterocycles. The maximum absolute atomic E-state index is 11.6. The average molecular weight is 377 g/mol. The van der Waals surface area contributed by atoms with Crippen molar-refractivity contribution in [2.45, 2.75) is 25.4 Å². The van der Waals surface area contributed by atoms with Crippen molar-refractivity contribution in [1.82, 2.24) is 4.31 Å². The maximum Gasteiger partial charge on any atom is 1.00 e. The number of oxime groups is 1. The van der Waals surface area contributed by atoms with Crippen molar-refractivity contribution in [2.75, 3.05) is 6.61 Å². The van der Waals surface area contributed by atoms with Crippen molar-refractivity contribution >= 4 is 28.3 Å². The molecule has 0 aromatic heterocycles. The van der Waals surface area contributed by atoms with E-state index in [1.54, 1.807) is 0 Å². The van der Waals surface area contributed by atoms with E-state index in [9.17, 15) is 18.3 Å². The Kier molecular flexibility index (Phi) is 8.03. The SMILES string of the molecule is C[C@H]1[C@H](N=C([O-])CCO/N=C\c2ccccc2)C(=O)N1S(=O)(=O)O.[Na+]. The number of aliphatic imine (C=N–C) groups is 1. The Bertz CT molecular complexity index is 753. The molecular formula is C14H16N3NaO6S. The van der Waals surface area contributed by atoms with Crippen molar-refractivity contribution in [3.8, 4) is 0 Å². The fraction of sp³-hybridized carbons (Fsp3) is 0.357. The minimum absolute atomic E-state index is 0. The monoisotopic (exact) mass is 377 g/mol. The molecule has 0 spiro atoms. The van der Waals surface area contributed by atoms with E-state index in [4.69, 9.17) is 9.39 Å². The van der Waals surface area contributed by atoms with Crippen molar-refractivity contribution in [2.24, 2.45) is 10.1 Å². The molecule has 25 heavy (non-hydrogen) atoms. The molecule has 0 radical (unpaired) electrons. The molecule has 11 heteroatoms. The fourth-order valence-electron chi connectivity index (χ4n) is 2.11. The van der Waals surface area contributed by atoms with Crippen molar-refractivity contribution in [1.29, 1.82) is 0 Å². The van der Waals surface area contributed by atoms with E-state index in [1.807, 2.05) is 30.3 Å². The van der Waals surface area contributed by atoms with Crippen LogP contribution in [-0.2, 0) is 19.9 Å². The standard InChI is InChI=1S/C14H17N3O6S.Na/c1-10-13(14(19)17(10)24(20,21)22)16-12(18)7-8-23-15-9-11-5-3-2-4-6-11;/h2-6,9-10,13H,7-8H2,1H3,(H,16,18)(H,20,21,22);/q;+1/p-1/b15-9-;/t10-,13-;/m0./s1. The molecule has 1 saturated heterocycles. The van der Waals surface area contributed by atoms with Gasteiger partial charge in [0.25, 0.3) is 5.91 Å². The molecule has 2 rings (SSSR count). The quantitative estimate of drug-likeness (QED) is 0.100. The molecule has 1 aliphatic rings. The maximum atomic E-state index is 11.6. The molecule has 130 valence electrons. The number of β-lactam (4-membered cyclic amide) rings is 1. The van der Waals surface area contributed by atoms with Crippen molar-refractivity contribution < 1.29 is 57.3 Å². The molecular weight excluding hydrogens is 361 g/mol. The van der Waals surface area contributed by atoms with E-state index >= 15 is 0 Å². The smallest absolute Gasteiger partial charge is 0.862 e. The molecule has 0 bridgehead atoms. The molecule has 0 saturated carbocycles. The van der Waals surface area contributed by atoms with E-state index in [2.05, 4.69) is 10.1 Å². The van der Waals surface area contributed by atoms with Crippen molar-refractivity contribution in [3.05, 3.63) is 35.9 Å². The van der Waals surface area contributed by atoms with Gasteiger partial charge in [-0.05, 0) is 18.4 Å². The summed E-state index contributed by atoms with van der Waals surface area (Å²) in [5.74, 6) is -1.54. The Balaban J connectivity index is 0.00000312. The van der Waals surface area contributed by atoms with Crippen LogP contribution in [0.3, 0.4) is 0 Å². The summed E-state index contributed by atoms with van der Waals surface area (Å²) in [5.41, 5.74) is 0.840. The van der Waals surface area contributed by atoms with Gasteiger partial charge in [0.1, 0.15) is 12.6 Å². The molecule has 1 N–H and O–H groups in total. The Hall–Kier alpha value is -1.46. The zero-order valence-electron chi connectivity index (χ0n) is 13.8. The largest absolute Gasteiger partial charge is 1.00 e. The Morgan fingerprint density at radius 3 is 2.60 bits per heavy atom. The van der Waals surface area contributed by atoms with Crippen LogP contribution in [0.1, 0.15) is 18.9 Å². The second kappa shape index (κ2) is 9.30. The first-order chi connectivity index (χ1) is 11.3. The molecule has 1 amide bonds. The van der Waals surface area contributed by atoms with Gasteiger partial charge < -0.3 is 9.94 Å². The Morgan fingerprint density at radius 2 is 2.04 bits per heavy atom. The predicted octanol–water partition coefficient (Wildman–Crippen LogP) is -3.41. The normalized spacial score (nSPS) is 21.0. The predicted molar refractivity (Wildman–Crippen MR) is 83.7 cm³/mol. The van der Waals surface area contributed by atoms with E-state index in [0.717, 1.165) is 5.56 Å². The fourth-order valence-corrected chi connectivity index (χ4v) is 2.98. The zero-order chi connectivity index (χ0) is 17.7. The first-order valence-electron chi connectivity index (χ1n) is 7.05. The van der Waals surface area contributed by atoms with Crippen LogP contribution < -0.4 is 34.7 Å². The summed E-state index contributed by atoms with van der Waals surface area (Å²) in [4.78, 5) is 20.1. The molecule has 1 heterocycles. The summed E-state index contributed by atoms with van der Waals surface area (Å²) in [7, 11) is -4.62. The van der Waals surface area contributed by atoms with E-state index in [-0.39, 0.29) is 46.9 Å². The minimum atomic E-state index is -4.62. The Labute approximate surface area is 167 Å². The minimum Gasteiger partial charge on any atom is -0.862 e. The van der Waals surface area contributed by atoms with Gasteiger partial charge in [0, 0.05) is 6.42 Å². The molecule has 0 unspecified atom stereocenters. The third-order valence-corrected chi connectivity index (χ3v) is 4.32. The van der Waals surface area contributed by atoms with Crippen LogP contribution in [-0.4, -0.2) is 54.0 Å². The number of nitrogens with zero attached hydrogens (tertiary/aromatic N) is 3. The number of benzene rings is 1. The number of rotatable bonds is 7. The third-order valence-electron chi connectivity index (χ3n) is 3.31. The number of hydrogen-bond donors (Lipinski definition) is 1. The first-order valence-corrected chi connectivity index (χ1v) is 8.45. The van der Waals surface area contributed by atoms with Gasteiger partial charge in [0.05, 0.1) is 12.3 Å². The van der Waals surface area contributed by atoms with Crippen LogP contribution in [0.25, 0.3) is 0 Å². The topological polar surface area (TPSA) is 132 Å². The zero-order valence-corrected chi connectivity index (χ0v) is 16.6. The Morgan fingerprint density at radius 1 is 1.40 bits per heavy atom. The number of hydrogen-bond acceptors (Lipinski definition) is 7. The number of carbonyl (C=O) groups excluding carboxylic acids is 1. The summed E-state index contributed by atoms with van der Waals surface area (Å²) in [6.07, 6.45) is 1.39. The first kappa shape index (κ1) is 21.6. The molecule has 1 aromatic rings. The summed E-state index contributed by atoms with van der Waals surface area (Å²) >= 11 is 0. The van der Waals surface area contributed by atoms with Crippen LogP contribution >= 0.6 is 0 Å². The van der Waals surface area contributed by atoms with Gasteiger partial charge in [-0.25, -0.2) is 4.31 Å². The summed E-state index contributed by atoms with van der Waals surface area (Å²) < 4.78 is 31.0. The number of amides is 1. The van der Waals surface area contributed by atoms with Crippen molar-refractivity contribution in [3.63, 3.8) is 0 Å². The van der Waals surface area contributed by atoms with Crippen LogP contribution in [0.5, 0.6) is 0 Å².